The highest BCUT2D eigenvalue weighted by Crippen LogP contribution is 2.37. The molecule has 0 heterocycles. The molecule has 6 heteroatoms. The van der Waals surface area contributed by atoms with Crippen molar-refractivity contribution in [3.63, 3.8) is 0 Å². The van der Waals surface area contributed by atoms with Crippen LogP contribution in [0.25, 0.3) is 0 Å². The van der Waals surface area contributed by atoms with Crippen molar-refractivity contribution < 1.29 is 19.3 Å². The molecule has 0 spiro atoms. The summed E-state index contributed by atoms with van der Waals surface area (Å²) in [7, 11) is 3.12. The van der Waals surface area contributed by atoms with Crippen molar-refractivity contribution in [1.29, 1.82) is 0 Å². The standard InChI is InChI=1S/C17H20ClNO4/c1-4-23-14-7-5-6-11(17(14)20)10-19-13-9-15(21-2)12(18)8-16(13)22-3/h5-9,19-20H,4,10H2,1-3H3. The Morgan fingerprint density at radius 3 is 2.48 bits per heavy atom. The number of ether oxygens (including phenoxy) is 3. The smallest absolute Gasteiger partial charge is 0.162 e. The zero-order valence-electron chi connectivity index (χ0n) is 13.4. The first kappa shape index (κ1) is 17.1. The van der Waals surface area contributed by atoms with E-state index >= 15 is 0 Å². The number of aromatic hydroxyl groups is 1. The van der Waals surface area contributed by atoms with E-state index in [0.717, 1.165) is 5.69 Å². The van der Waals surface area contributed by atoms with Crippen molar-refractivity contribution in [3.8, 4) is 23.0 Å². The highest BCUT2D eigenvalue weighted by Gasteiger charge is 2.12. The fourth-order valence-corrected chi connectivity index (χ4v) is 2.40. The minimum atomic E-state index is 0.127. The molecule has 5 nitrogen and oxygen atoms in total. The van der Waals surface area contributed by atoms with Gasteiger partial charge in [-0.25, -0.2) is 0 Å². The summed E-state index contributed by atoms with van der Waals surface area (Å²) >= 11 is 6.09. The largest absolute Gasteiger partial charge is 0.504 e. The van der Waals surface area contributed by atoms with Crippen LogP contribution in [0.4, 0.5) is 5.69 Å². The van der Waals surface area contributed by atoms with Gasteiger partial charge in [0.25, 0.3) is 0 Å². The van der Waals surface area contributed by atoms with Gasteiger partial charge >= 0.3 is 0 Å². The van der Waals surface area contributed by atoms with Crippen LogP contribution in [-0.4, -0.2) is 25.9 Å². The molecule has 2 aromatic carbocycles. The van der Waals surface area contributed by atoms with Gasteiger partial charge in [0.05, 0.1) is 31.5 Å². The van der Waals surface area contributed by atoms with Gasteiger partial charge in [-0.2, -0.15) is 0 Å². The number of methoxy groups -OCH3 is 2. The second kappa shape index (κ2) is 7.83. The number of phenols is 1. The lowest BCUT2D eigenvalue weighted by molar-refractivity contribution is 0.317. The van der Waals surface area contributed by atoms with Gasteiger partial charge < -0.3 is 24.6 Å². The zero-order valence-corrected chi connectivity index (χ0v) is 14.1. The summed E-state index contributed by atoms with van der Waals surface area (Å²) in [6.45, 7) is 2.76. The Labute approximate surface area is 140 Å². The summed E-state index contributed by atoms with van der Waals surface area (Å²) in [6.07, 6.45) is 0. The summed E-state index contributed by atoms with van der Waals surface area (Å²) in [5, 5.41) is 13.9. The predicted molar refractivity (Wildman–Crippen MR) is 91.2 cm³/mol. The third-order valence-corrected chi connectivity index (χ3v) is 3.62. The molecule has 0 bridgehead atoms. The van der Waals surface area contributed by atoms with Gasteiger partial charge in [0.15, 0.2) is 11.5 Å². The molecular formula is C17H20ClNO4. The Hall–Kier alpha value is -2.27. The third-order valence-electron chi connectivity index (χ3n) is 3.33. The predicted octanol–water partition coefficient (Wildman–Crippen LogP) is 4.07. The number of rotatable bonds is 7. The molecule has 0 saturated heterocycles. The van der Waals surface area contributed by atoms with E-state index in [-0.39, 0.29) is 5.75 Å². The molecule has 2 rings (SSSR count). The molecule has 0 unspecified atom stereocenters. The molecular weight excluding hydrogens is 318 g/mol. The summed E-state index contributed by atoms with van der Waals surface area (Å²) in [5.41, 5.74) is 1.43. The molecule has 0 amide bonds. The first-order chi connectivity index (χ1) is 11.1. The molecule has 0 aliphatic rings. The molecule has 124 valence electrons. The average Bonchev–Trinajstić information content (AvgIpc) is 2.56. The van der Waals surface area contributed by atoms with E-state index in [4.69, 9.17) is 25.8 Å². The number of phenolic OH excluding ortho intramolecular Hbond substituents is 1. The van der Waals surface area contributed by atoms with E-state index in [0.29, 0.717) is 41.0 Å². The number of nitrogens with one attached hydrogen (secondary N) is 1. The van der Waals surface area contributed by atoms with Gasteiger partial charge in [-0.05, 0) is 13.0 Å². The van der Waals surface area contributed by atoms with Crippen LogP contribution in [0, 0.1) is 0 Å². The Kier molecular flexibility index (Phi) is 5.82. The maximum atomic E-state index is 10.2. The Bertz CT molecular complexity index is 676. The number of hydrogen-bond donors (Lipinski definition) is 2. The van der Waals surface area contributed by atoms with Crippen molar-refractivity contribution >= 4 is 17.3 Å². The highest BCUT2D eigenvalue weighted by atomic mass is 35.5. The first-order valence-corrected chi connectivity index (χ1v) is 7.57. The quantitative estimate of drug-likeness (QED) is 0.797. The fraction of sp³-hybridized carbons (Fsp3) is 0.294. The van der Waals surface area contributed by atoms with Crippen molar-refractivity contribution in [3.05, 3.63) is 40.9 Å². The van der Waals surface area contributed by atoms with Crippen molar-refractivity contribution in [2.45, 2.75) is 13.5 Å². The summed E-state index contributed by atoms with van der Waals surface area (Å²) in [5.74, 6) is 1.73. The Balaban J connectivity index is 2.22. The third kappa shape index (κ3) is 3.93. The molecule has 0 radical (unpaired) electrons. The van der Waals surface area contributed by atoms with Gasteiger partial charge in [0, 0.05) is 24.2 Å². The lowest BCUT2D eigenvalue weighted by Crippen LogP contribution is -2.03. The lowest BCUT2D eigenvalue weighted by atomic mass is 10.1. The maximum Gasteiger partial charge on any atom is 0.162 e. The Morgan fingerprint density at radius 2 is 1.83 bits per heavy atom. The molecule has 0 aromatic heterocycles. The summed E-state index contributed by atoms with van der Waals surface area (Å²) < 4.78 is 15.9. The molecule has 2 N–H and O–H groups in total. The van der Waals surface area contributed by atoms with Crippen LogP contribution in [-0.2, 0) is 6.54 Å². The zero-order chi connectivity index (χ0) is 16.8. The maximum absolute atomic E-state index is 10.2. The van der Waals surface area contributed by atoms with E-state index in [1.807, 2.05) is 19.1 Å². The van der Waals surface area contributed by atoms with Gasteiger partial charge in [-0.1, -0.05) is 23.7 Å². The van der Waals surface area contributed by atoms with Crippen LogP contribution >= 0.6 is 11.6 Å². The first-order valence-electron chi connectivity index (χ1n) is 7.19. The average molecular weight is 338 g/mol. The van der Waals surface area contributed by atoms with Crippen molar-refractivity contribution in [2.24, 2.45) is 0 Å². The summed E-state index contributed by atoms with van der Waals surface area (Å²) in [6, 6.07) is 8.82. The summed E-state index contributed by atoms with van der Waals surface area (Å²) in [4.78, 5) is 0. The monoisotopic (exact) mass is 337 g/mol. The number of para-hydroxylation sites is 1. The van der Waals surface area contributed by atoms with E-state index in [1.165, 1.54) is 0 Å². The fourth-order valence-electron chi connectivity index (χ4n) is 2.17. The SMILES string of the molecule is CCOc1cccc(CNc2cc(OC)c(Cl)cc2OC)c1O. The van der Waals surface area contributed by atoms with Crippen LogP contribution in [0.1, 0.15) is 12.5 Å². The number of anilines is 1. The molecule has 0 saturated carbocycles. The van der Waals surface area contributed by atoms with E-state index < -0.39 is 0 Å². The normalized spacial score (nSPS) is 10.3. The number of hydrogen-bond acceptors (Lipinski definition) is 5. The van der Waals surface area contributed by atoms with E-state index in [1.54, 1.807) is 32.4 Å². The van der Waals surface area contributed by atoms with E-state index in [2.05, 4.69) is 5.32 Å². The number of benzene rings is 2. The van der Waals surface area contributed by atoms with Gasteiger partial charge in [0.1, 0.15) is 11.5 Å². The molecule has 0 atom stereocenters. The minimum absolute atomic E-state index is 0.127. The van der Waals surface area contributed by atoms with Gasteiger partial charge in [-0.3, -0.25) is 0 Å². The second-order valence-electron chi connectivity index (χ2n) is 4.74. The minimum Gasteiger partial charge on any atom is -0.504 e. The van der Waals surface area contributed by atoms with Gasteiger partial charge in [0.2, 0.25) is 0 Å². The molecule has 2 aromatic rings. The molecule has 0 fully saturated rings. The van der Waals surface area contributed by atoms with E-state index in [9.17, 15) is 5.11 Å². The second-order valence-corrected chi connectivity index (χ2v) is 5.14. The highest BCUT2D eigenvalue weighted by molar-refractivity contribution is 6.32. The molecule has 23 heavy (non-hydrogen) atoms. The van der Waals surface area contributed by atoms with Crippen LogP contribution < -0.4 is 19.5 Å². The topological polar surface area (TPSA) is 60.0 Å². The van der Waals surface area contributed by atoms with Crippen LogP contribution in [0.2, 0.25) is 5.02 Å². The van der Waals surface area contributed by atoms with Crippen molar-refractivity contribution in [2.75, 3.05) is 26.1 Å². The van der Waals surface area contributed by atoms with Crippen LogP contribution in [0.3, 0.4) is 0 Å². The van der Waals surface area contributed by atoms with Crippen LogP contribution in [0.5, 0.6) is 23.0 Å². The van der Waals surface area contributed by atoms with Crippen molar-refractivity contribution in [1.82, 2.24) is 0 Å². The number of halogens is 1. The Morgan fingerprint density at radius 1 is 1.09 bits per heavy atom. The van der Waals surface area contributed by atoms with Gasteiger partial charge in [-0.15, -0.1) is 0 Å². The lowest BCUT2D eigenvalue weighted by Gasteiger charge is -2.15. The molecule has 0 aliphatic heterocycles. The van der Waals surface area contributed by atoms with Crippen LogP contribution in [0.15, 0.2) is 30.3 Å². The molecule has 0 aliphatic carbocycles.